The highest BCUT2D eigenvalue weighted by atomic mass is 19.4. The smallest absolute Gasteiger partial charge is 0.434 e. The number of hydrogen-bond donors (Lipinski definition) is 0. The Balaban J connectivity index is 2.11. The normalized spacial score (nSPS) is 10.8. The zero-order chi connectivity index (χ0) is 22.6. The number of anilines is 1. The molecule has 0 aliphatic heterocycles. The van der Waals surface area contributed by atoms with Crippen molar-refractivity contribution < 1.29 is 31.9 Å². The Hall–Kier alpha value is -4.13. The van der Waals surface area contributed by atoms with E-state index in [0.717, 1.165) is 30.5 Å². The Labute approximate surface area is 173 Å². The van der Waals surface area contributed by atoms with Gasteiger partial charge < -0.3 is 9.57 Å². The monoisotopic (exact) mass is 431 g/mol. The van der Waals surface area contributed by atoms with Crippen molar-refractivity contribution in [1.29, 1.82) is 5.26 Å². The van der Waals surface area contributed by atoms with E-state index in [1.807, 2.05) is 6.07 Å². The van der Waals surface area contributed by atoms with E-state index in [0.29, 0.717) is 5.06 Å². The highest BCUT2D eigenvalue weighted by molar-refractivity contribution is 6.05. The molecule has 0 saturated carbocycles. The minimum absolute atomic E-state index is 0.0207. The molecule has 0 bridgehead atoms. The number of carbonyl (C=O) groups is 1. The molecule has 0 spiro atoms. The minimum Gasteiger partial charge on any atom is -0.493 e. The van der Waals surface area contributed by atoms with Gasteiger partial charge >= 0.3 is 6.18 Å². The van der Waals surface area contributed by atoms with E-state index in [-0.39, 0.29) is 22.7 Å². The maximum atomic E-state index is 13.5. The van der Waals surface area contributed by atoms with Gasteiger partial charge in [-0.15, -0.1) is 5.06 Å². The maximum Gasteiger partial charge on any atom is 0.434 e. The van der Waals surface area contributed by atoms with Gasteiger partial charge in [0.1, 0.15) is 5.82 Å². The lowest BCUT2D eigenvalue weighted by Gasteiger charge is -2.24. The van der Waals surface area contributed by atoms with Gasteiger partial charge in [-0.2, -0.15) is 18.4 Å². The molecule has 1 aromatic heterocycles. The highest BCUT2D eigenvalue weighted by Crippen LogP contribution is 2.33. The van der Waals surface area contributed by atoms with Crippen LogP contribution < -0.4 is 14.6 Å². The molecular formula is C21H13F4N3O3. The maximum absolute atomic E-state index is 13.5. The Kier molecular flexibility index (Phi) is 6.06. The largest absolute Gasteiger partial charge is 0.493 e. The lowest BCUT2D eigenvalue weighted by Crippen LogP contribution is -2.36. The summed E-state index contributed by atoms with van der Waals surface area (Å²) in [5.74, 6) is -2.05. The molecule has 0 atom stereocenters. The summed E-state index contributed by atoms with van der Waals surface area (Å²) < 4.78 is 58.7. The van der Waals surface area contributed by atoms with Crippen LogP contribution in [0.15, 0.2) is 60.8 Å². The molecule has 1 amide bonds. The molecule has 31 heavy (non-hydrogen) atoms. The topological polar surface area (TPSA) is 75.5 Å². The van der Waals surface area contributed by atoms with Gasteiger partial charge in [0.05, 0.1) is 30.0 Å². The van der Waals surface area contributed by atoms with Gasteiger partial charge in [0.15, 0.2) is 17.2 Å². The Morgan fingerprint density at radius 1 is 1.10 bits per heavy atom. The van der Waals surface area contributed by atoms with Gasteiger partial charge in [-0.25, -0.2) is 4.39 Å². The van der Waals surface area contributed by atoms with Crippen LogP contribution in [0, 0.1) is 17.1 Å². The number of ether oxygens (including phenoxy) is 1. The van der Waals surface area contributed by atoms with Crippen molar-refractivity contribution >= 4 is 11.6 Å². The summed E-state index contributed by atoms with van der Waals surface area (Å²) in [6, 6.07) is 12.6. The standard InChI is InChI=1S/C21H13F4N3O3/c1-30-18-11-14(22)6-9-17(18)31-28(15-7-4-13(12-26)5-8-15)20(29)16-3-2-10-27-19(16)21(23,24)25/h2-11H,1H3. The summed E-state index contributed by atoms with van der Waals surface area (Å²) in [5, 5.41) is 9.55. The van der Waals surface area contributed by atoms with Gasteiger partial charge in [-0.05, 0) is 48.5 Å². The summed E-state index contributed by atoms with van der Waals surface area (Å²) in [6.07, 6.45) is -3.98. The average Bonchev–Trinajstić information content (AvgIpc) is 2.77. The van der Waals surface area contributed by atoms with Gasteiger partial charge in [-0.3, -0.25) is 9.78 Å². The van der Waals surface area contributed by atoms with E-state index in [1.54, 1.807) is 0 Å². The molecule has 6 nitrogen and oxygen atoms in total. The number of hydroxylamine groups is 1. The van der Waals surface area contributed by atoms with Crippen LogP contribution in [-0.4, -0.2) is 18.0 Å². The third-order valence-electron chi connectivity index (χ3n) is 4.04. The van der Waals surface area contributed by atoms with E-state index in [1.165, 1.54) is 37.4 Å². The van der Waals surface area contributed by atoms with Gasteiger partial charge in [0, 0.05) is 12.3 Å². The molecular weight excluding hydrogens is 418 g/mol. The zero-order valence-electron chi connectivity index (χ0n) is 15.9. The first-order valence-electron chi connectivity index (χ1n) is 8.63. The number of nitriles is 1. The minimum atomic E-state index is -4.89. The second-order valence-corrected chi connectivity index (χ2v) is 6.04. The third-order valence-corrected chi connectivity index (χ3v) is 4.04. The molecule has 0 unspecified atom stereocenters. The predicted octanol–water partition coefficient (Wildman–Crippen LogP) is 4.76. The molecule has 0 aliphatic carbocycles. The van der Waals surface area contributed by atoms with Crippen LogP contribution in [-0.2, 0) is 6.18 Å². The lowest BCUT2D eigenvalue weighted by atomic mass is 10.1. The molecule has 0 radical (unpaired) electrons. The summed E-state index contributed by atoms with van der Waals surface area (Å²) >= 11 is 0. The highest BCUT2D eigenvalue weighted by Gasteiger charge is 2.38. The number of halogens is 4. The zero-order valence-corrected chi connectivity index (χ0v) is 15.9. The van der Waals surface area contributed by atoms with Crippen LogP contribution in [0.25, 0.3) is 0 Å². The summed E-state index contributed by atoms with van der Waals surface area (Å²) in [5.41, 5.74) is -1.88. The molecule has 1 heterocycles. The van der Waals surface area contributed by atoms with Crippen molar-refractivity contribution in [3.63, 3.8) is 0 Å². The van der Waals surface area contributed by atoms with Crippen LogP contribution >= 0.6 is 0 Å². The van der Waals surface area contributed by atoms with E-state index in [9.17, 15) is 22.4 Å². The van der Waals surface area contributed by atoms with Gasteiger partial charge in [-0.1, -0.05) is 0 Å². The van der Waals surface area contributed by atoms with Gasteiger partial charge in [0.25, 0.3) is 5.91 Å². The Morgan fingerprint density at radius 3 is 2.42 bits per heavy atom. The number of aromatic nitrogens is 1. The van der Waals surface area contributed by atoms with Crippen LogP contribution in [0.4, 0.5) is 23.2 Å². The molecule has 3 aromatic rings. The van der Waals surface area contributed by atoms with Crippen molar-refractivity contribution in [2.45, 2.75) is 6.18 Å². The number of nitrogens with zero attached hydrogens (tertiary/aromatic N) is 3. The number of methoxy groups -OCH3 is 1. The van der Waals surface area contributed by atoms with E-state index >= 15 is 0 Å². The second-order valence-electron chi connectivity index (χ2n) is 6.04. The molecule has 0 saturated heterocycles. The predicted molar refractivity (Wildman–Crippen MR) is 101 cm³/mol. The molecule has 0 fully saturated rings. The van der Waals surface area contributed by atoms with E-state index in [4.69, 9.17) is 14.8 Å². The van der Waals surface area contributed by atoms with Crippen LogP contribution in [0.5, 0.6) is 11.5 Å². The van der Waals surface area contributed by atoms with Gasteiger partial charge in [0.2, 0.25) is 0 Å². The van der Waals surface area contributed by atoms with Crippen LogP contribution in [0.1, 0.15) is 21.6 Å². The van der Waals surface area contributed by atoms with Crippen LogP contribution in [0.2, 0.25) is 0 Å². The third kappa shape index (κ3) is 4.72. The fourth-order valence-electron chi connectivity index (χ4n) is 2.61. The number of benzene rings is 2. The Morgan fingerprint density at radius 2 is 1.81 bits per heavy atom. The summed E-state index contributed by atoms with van der Waals surface area (Å²) in [6.45, 7) is 0. The number of alkyl halides is 3. The fraction of sp³-hybridized carbons (Fsp3) is 0.0952. The molecule has 158 valence electrons. The van der Waals surface area contributed by atoms with Crippen molar-refractivity contribution in [2.75, 3.05) is 12.2 Å². The average molecular weight is 431 g/mol. The van der Waals surface area contributed by atoms with Crippen molar-refractivity contribution in [3.05, 3.63) is 83.4 Å². The number of rotatable bonds is 5. The number of pyridine rings is 1. The van der Waals surface area contributed by atoms with Crippen molar-refractivity contribution in [2.24, 2.45) is 0 Å². The second kappa shape index (κ2) is 8.71. The first-order chi connectivity index (χ1) is 14.7. The molecule has 2 aromatic carbocycles. The number of hydrogen-bond acceptors (Lipinski definition) is 5. The number of amides is 1. The molecule has 3 rings (SSSR count). The quantitative estimate of drug-likeness (QED) is 0.430. The summed E-state index contributed by atoms with van der Waals surface area (Å²) in [4.78, 5) is 21.9. The lowest BCUT2D eigenvalue weighted by molar-refractivity contribution is -0.141. The van der Waals surface area contributed by atoms with Crippen molar-refractivity contribution in [1.82, 2.24) is 4.98 Å². The van der Waals surface area contributed by atoms with E-state index in [2.05, 4.69) is 4.98 Å². The van der Waals surface area contributed by atoms with Crippen LogP contribution in [0.3, 0.4) is 0 Å². The Bertz CT molecular complexity index is 1140. The molecule has 0 aliphatic rings. The summed E-state index contributed by atoms with van der Waals surface area (Å²) in [7, 11) is 1.23. The SMILES string of the molecule is COc1cc(F)ccc1ON(C(=O)c1cccnc1C(F)(F)F)c1ccc(C#N)cc1. The molecule has 0 N–H and O–H groups in total. The number of carbonyl (C=O) groups excluding carboxylic acids is 1. The van der Waals surface area contributed by atoms with E-state index < -0.39 is 29.2 Å². The molecule has 10 heteroatoms. The fourth-order valence-corrected chi connectivity index (χ4v) is 2.61. The van der Waals surface area contributed by atoms with Crippen molar-refractivity contribution in [3.8, 4) is 17.6 Å². The first-order valence-corrected chi connectivity index (χ1v) is 8.63. The first kappa shape index (κ1) is 21.6.